The minimum atomic E-state index is -0.510. The summed E-state index contributed by atoms with van der Waals surface area (Å²) >= 11 is 0. The van der Waals surface area contributed by atoms with Crippen LogP contribution in [0.25, 0.3) is 0 Å². The predicted molar refractivity (Wildman–Crippen MR) is 74.9 cm³/mol. The number of rotatable bonds is 3. The lowest BCUT2D eigenvalue weighted by molar-refractivity contribution is -0.122. The first kappa shape index (κ1) is 15.6. The lowest BCUT2D eigenvalue weighted by atomic mass is 10.1. The Kier molecular flexibility index (Phi) is 5.44. The first-order valence-electron chi connectivity index (χ1n) is 6.03. The van der Waals surface area contributed by atoms with Crippen LogP contribution in [0.4, 0.5) is 0 Å². The molecule has 0 radical (unpaired) electrons. The zero-order chi connectivity index (χ0) is 13.1. The molecular formula is C13H19ClN2O3. The van der Waals surface area contributed by atoms with Crippen LogP contribution in [0.3, 0.4) is 0 Å². The molecule has 1 aliphatic rings. The van der Waals surface area contributed by atoms with Crippen molar-refractivity contribution in [2.75, 3.05) is 13.2 Å². The molecule has 0 fully saturated rings. The fraction of sp³-hybridized carbons (Fsp3) is 0.462. The van der Waals surface area contributed by atoms with Gasteiger partial charge in [0.05, 0.1) is 12.1 Å². The third kappa shape index (κ3) is 3.75. The van der Waals surface area contributed by atoms with Gasteiger partial charge >= 0.3 is 0 Å². The molecule has 1 aliphatic heterocycles. The molecule has 1 aromatic rings. The average Bonchev–Trinajstić information content (AvgIpc) is 2.37. The van der Waals surface area contributed by atoms with Crippen molar-refractivity contribution < 1.29 is 14.3 Å². The second-order valence-electron chi connectivity index (χ2n) is 4.42. The standard InChI is InChI=1S/C13H18N2O3.ClH/c1-8(14)13(16)15-9(2)10-3-4-11-12(7-10)18-6-5-17-11;/h3-4,7-9H,5-6,14H2,1-2H3,(H,15,16);1H. The van der Waals surface area contributed by atoms with Crippen LogP contribution < -0.4 is 20.5 Å². The lowest BCUT2D eigenvalue weighted by Crippen LogP contribution is -2.39. The molecule has 0 aliphatic carbocycles. The van der Waals surface area contributed by atoms with Crippen LogP contribution in [-0.2, 0) is 4.79 Å². The zero-order valence-corrected chi connectivity index (χ0v) is 11.8. The number of benzene rings is 1. The SMILES string of the molecule is CC(N)C(=O)NC(C)c1ccc2c(c1)OCCO2.Cl. The van der Waals surface area contributed by atoms with E-state index in [0.717, 1.165) is 17.1 Å². The number of halogens is 1. The number of fused-ring (bicyclic) bond motifs is 1. The normalized spacial score (nSPS) is 15.9. The molecule has 106 valence electrons. The first-order valence-corrected chi connectivity index (χ1v) is 6.03. The highest BCUT2D eigenvalue weighted by Crippen LogP contribution is 2.32. The summed E-state index contributed by atoms with van der Waals surface area (Å²) in [7, 11) is 0. The largest absolute Gasteiger partial charge is 0.486 e. The van der Waals surface area contributed by atoms with Gasteiger partial charge in [0.1, 0.15) is 13.2 Å². The maximum atomic E-state index is 11.5. The van der Waals surface area contributed by atoms with E-state index < -0.39 is 6.04 Å². The summed E-state index contributed by atoms with van der Waals surface area (Å²) in [6, 6.07) is 5.04. The molecule has 1 amide bonds. The van der Waals surface area contributed by atoms with E-state index in [1.54, 1.807) is 6.92 Å². The Hall–Kier alpha value is -1.46. The van der Waals surface area contributed by atoms with Gasteiger partial charge in [-0.25, -0.2) is 0 Å². The molecule has 0 saturated carbocycles. The minimum absolute atomic E-state index is 0. The second-order valence-corrected chi connectivity index (χ2v) is 4.42. The van der Waals surface area contributed by atoms with Crippen molar-refractivity contribution in [2.24, 2.45) is 5.73 Å². The predicted octanol–water partition coefficient (Wildman–Crippen LogP) is 1.40. The zero-order valence-electron chi connectivity index (χ0n) is 11.0. The Morgan fingerprint density at radius 3 is 2.53 bits per heavy atom. The molecule has 0 bridgehead atoms. The van der Waals surface area contributed by atoms with Crippen molar-refractivity contribution in [3.63, 3.8) is 0 Å². The van der Waals surface area contributed by atoms with Crippen LogP contribution >= 0.6 is 12.4 Å². The van der Waals surface area contributed by atoms with Crippen molar-refractivity contribution in [3.8, 4) is 11.5 Å². The smallest absolute Gasteiger partial charge is 0.237 e. The van der Waals surface area contributed by atoms with E-state index in [1.165, 1.54) is 0 Å². The molecule has 2 unspecified atom stereocenters. The van der Waals surface area contributed by atoms with Crippen molar-refractivity contribution in [1.29, 1.82) is 0 Å². The monoisotopic (exact) mass is 286 g/mol. The Balaban J connectivity index is 0.00000180. The summed E-state index contributed by atoms with van der Waals surface area (Å²) in [6.45, 7) is 4.69. The lowest BCUT2D eigenvalue weighted by Gasteiger charge is -2.21. The van der Waals surface area contributed by atoms with Gasteiger partial charge < -0.3 is 20.5 Å². The summed E-state index contributed by atoms with van der Waals surface area (Å²) < 4.78 is 10.9. The van der Waals surface area contributed by atoms with E-state index in [-0.39, 0.29) is 24.4 Å². The van der Waals surface area contributed by atoms with Gasteiger partial charge in [0.15, 0.2) is 11.5 Å². The van der Waals surface area contributed by atoms with Crippen molar-refractivity contribution in [1.82, 2.24) is 5.32 Å². The van der Waals surface area contributed by atoms with Crippen molar-refractivity contribution in [2.45, 2.75) is 25.9 Å². The summed E-state index contributed by atoms with van der Waals surface area (Å²) in [4.78, 5) is 11.5. The van der Waals surface area contributed by atoms with Crippen LogP contribution in [0.1, 0.15) is 25.5 Å². The van der Waals surface area contributed by atoms with Gasteiger partial charge in [0.2, 0.25) is 5.91 Å². The number of ether oxygens (including phenoxy) is 2. The number of amides is 1. The fourth-order valence-electron chi connectivity index (χ4n) is 1.76. The molecular weight excluding hydrogens is 268 g/mol. The Morgan fingerprint density at radius 1 is 1.26 bits per heavy atom. The Labute approximate surface area is 118 Å². The maximum absolute atomic E-state index is 11.5. The first-order chi connectivity index (χ1) is 8.58. The van der Waals surface area contributed by atoms with Crippen LogP contribution in [-0.4, -0.2) is 25.2 Å². The Bertz CT molecular complexity index is 452. The molecule has 1 aromatic carbocycles. The molecule has 19 heavy (non-hydrogen) atoms. The summed E-state index contributed by atoms with van der Waals surface area (Å²) in [5, 5.41) is 2.84. The Morgan fingerprint density at radius 2 is 1.89 bits per heavy atom. The van der Waals surface area contributed by atoms with Gasteiger partial charge in [-0.15, -0.1) is 12.4 Å². The molecule has 0 aromatic heterocycles. The molecule has 1 heterocycles. The molecule has 0 saturated heterocycles. The van der Waals surface area contributed by atoms with Crippen molar-refractivity contribution >= 4 is 18.3 Å². The highest BCUT2D eigenvalue weighted by Gasteiger charge is 2.16. The summed E-state index contributed by atoms with van der Waals surface area (Å²) in [6.07, 6.45) is 0. The van der Waals surface area contributed by atoms with Gasteiger partial charge in [-0.3, -0.25) is 4.79 Å². The van der Waals surface area contributed by atoms with E-state index in [2.05, 4.69) is 5.32 Å². The van der Waals surface area contributed by atoms with Gasteiger partial charge in [0.25, 0.3) is 0 Å². The highest BCUT2D eigenvalue weighted by molar-refractivity contribution is 5.85. The summed E-state index contributed by atoms with van der Waals surface area (Å²) in [5.74, 6) is 1.30. The van der Waals surface area contributed by atoms with Gasteiger partial charge in [0, 0.05) is 0 Å². The number of carbonyl (C=O) groups excluding carboxylic acids is 1. The molecule has 6 heteroatoms. The molecule has 0 spiro atoms. The molecule has 2 atom stereocenters. The van der Waals surface area contributed by atoms with E-state index in [9.17, 15) is 4.79 Å². The van der Waals surface area contributed by atoms with Crippen molar-refractivity contribution in [3.05, 3.63) is 23.8 Å². The van der Waals surface area contributed by atoms with Gasteiger partial charge in [-0.05, 0) is 31.5 Å². The maximum Gasteiger partial charge on any atom is 0.237 e. The number of hydrogen-bond donors (Lipinski definition) is 2. The minimum Gasteiger partial charge on any atom is -0.486 e. The molecule has 3 N–H and O–H groups in total. The number of carbonyl (C=O) groups is 1. The van der Waals surface area contributed by atoms with E-state index in [0.29, 0.717) is 13.2 Å². The second kappa shape index (κ2) is 6.63. The van der Waals surface area contributed by atoms with Gasteiger partial charge in [-0.2, -0.15) is 0 Å². The summed E-state index contributed by atoms with van der Waals surface area (Å²) in [5.41, 5.74) is 6.48. The van der Waals surface area contributed by atoms with Crippen LogP contribution in [0.5, 0.6) is 11.5 Å². The topological polar surface area (TPSA) is 73.6 Å². The van der Waals surface area contributed by atoms with E-state index in [4.69, 9.17) is 15.2 Å². The third-order valence-electron chi connectivity index (χ3n) is 2.84. The number of nitrogens with two attached hydrogens (primary N) is 1. The van der Waals surface area contributed by atoms with Gasteiger partial charge in [-0.1, -0.05) is 6.07 Å². The number of hydrogen-bond acceptors (Lipinski definition) is 4. The number of nitrogens with one attached hydrogen (secondary N) is 1. The van der Waals surface area contributed by atoms with Crippen LogP contribution in [0.2, 0.25) is 0 Å². The van der Waals surface area contributed by atoms with Crippen LogP contribution in [0, 0.1) is 0 Å². The van der Waals surface area contributed by atoms with E-state index >= 15 is 0 Å². The molecule has 5 nitrogen and oxygen atoms in total. The van der Waals surface area contributed by atoms with E-state index in [1.807, 2.05) is 25.1 Å². The average molecular weight is 287 g/mol. The highest BCUT2D eigenvalue weighted by atomic mass is 35.5. The quantitative estimate of drug-likeness (QED) is 0.881. The molecule has 2 rings (SSSR count). The fourth-order valence-corrected chi connectivity index (χ4v) is 1.76. The van der Waals surface area contributed by atoms with Crippen LogP contribution in [0.15, 0.2) is 18.2 Å². The third-order valence-corrected chi connectivity index (χ3v) is 2.84.